The average molecular weight is 406 g/mol. The summed E-state index contributed by atoms with van der Waals surface area (Å²) in [6, 6.07) is 11.6. The molecule has 2 aromatic carbocycles. The molecule has 0 saturated carbocycles. The molecule has 2 aliphatic rings. The summed E-state index contributed by atoms with van der Waals surface area (Å²) >= 11 is 3.13. The minimum Gasteiger partial charge on any atom is -0.457 e. The number of anilines is 1. The van der Waals surface area contributed by atoms with Crippen LogP contribution in [0.2, 0.25) is 0 Å². The van der Waals surface area contributed by atoms with Crippen molar-refractivity contribution in [2.45, 2.75) is 31.5 Å². The third-order valence-corrected chi connectivity index (χ3v) is 5.30. The summed E-state index contributed by atoms with van der Waals surface area (Å²) in [5.74, 6) is 0.772. The van der Waals surface area contributed by atoms with Gasteiger partial charge in [-0.15, -0.1) is 0 Å². The maximum Gasteiger partial charge on any atom is 0.230 e. The Morgan fingerprint density at radius 3 is 2.56 bits per heavy atom. The van der Waals surface area contributed by atoms with Crippen molar-refractivity contribution in [1.82, 2.24) is 0 Å². The number of rotatable bonds is 4. The minimum absolute atomic E-state index is 0.0170. The van der Waals surface area contributed by atoms with Crippen molar-refractivity contribution in [3.05, 3.63) is 52.8 Å². The highest BCUT2D eigenvalue weighted by molar-refractivity contribution is 9.10. The maximum atomic E-state index is 13.2. The van der Waals surface area contributed by atoms with Crippen molar-refractivity contribution in [3.63, 3.8) is 0 Å². The van der Waals surface area contributed by atoms with Crippen LogP contribution in [0.5, 0.6) is 11.5 Å². The van der Waals surface area contributed by atoms with E-state index in [9.17, 15) is 9.18 Å². The quantitative estimate of drug-likeness (QED) is 0.787. The van der Waals surface area contributed by atoms with Gasteiger partial charge in [-0.2, -0.15) is 0 Å². The summed E-state index contributed by atoms with van der Waals surface area (Å²) in [6.07, 6.45) is 3.19. The number of halogens is 2. The van der Waals surface area contributed by atoms with E-state index in [1.165, 1.54) is 6.07 Å². The van der Waals surface area contributed by atoms with Crippen molar-refractivity contribution in [3.8, 4) is 11.5 Å². The van der Waals surface area contributed by atoms with Crippen LogP contribution in [0.25, 0.3) is 0 Å². The summed E-state index contributed by atoms with van der Waals surface area (Å²) < 4.78 is 25.0. The Bertz CT molecular complexity index is 796. The zero-order valence-electron chi connectivity index (χ0n) is 13.4. The number of carbonyl (C=O) groups excluding carboxylic acids is 1. The Balaban J connectivity index is 1.38. The molecule has 4 rings (SSSR count). The lowest BCUT2D eigenvalue weighted by Gasteiger charge is -2.18. The van der Waals surface area contributed by atoms with Crippen molar-refractivity contribution >= 4 is 27.5 Å². The number of benzene rings is 2. The van der Waals surface area contributed by atoms with Gasteiger partial charge in [0.25, 0.3) is 0 Å². The van der Waals surface area contributed by atoms with E-state index in [0.717, 1.165) is 24.9 Å². The standard InChI is InChI=1S/C19H17BrFNO3/c20-16-10-14(5-7-17(16)21)24-12-3-1-11(2-4-12)22-19(23)15-9-13-6-8-18(15)25-13/h1-5,7,10,13,15,18H,6,8-9H2,(H,22,23). The van der Waals surface area contributed by atoms with Gasteiger partial charge >= 0.3 is 0 Å². The van der Waals surface area contributed by atoms with Crippen LogP contribution in [-0.2, 0) is 9.53 Å². The predicted molar refractivity (Wildman–Crippen MR) is 95.2 cm³/mol. The van der Waals surface area contributed by atoms with Crippen molar-refractivity contribution in [2.24, 2.45) is 5.92 Å². The maximum absolute atomic E-state index is 13.2. The Kier molecular flexibility index (Phi) is 4.48. The van der Waals surface area contributed by atoms with E-state index in [1.54, 1.807) is 36.4 Å². The summed E-state index contributed by atoms with van der Waals surface area (Å²) in [4.78, 5) is 12.4. The highest BCUT2D eigenvalue weighted by Gasteiger charge is 2.44. The van der Waals surface area contributed by atoms with Crippen molar-refractivity contribution in [2.75, 3.05) is 5.32 Å². The van der Waals surface area contributed by atoms with Crippen LogP contribution in [0, 0.1) is 11.7 Å². The van der Waals surface area contributed by atoms with E-state index in [2.05, 4.69) is 21.2 Å². The predicted octanol–water partition coefficient (Wildman–Crippen LogP) is 4.89. The smallest absolute Gasteiger partial charge is 0.230 e. The first-order valence-corrected chi connectivity index (χ1v) is 9.07. The topological polar surface area (TPSA) is 47.6 Å². The average Bonchev–Trinajstić information content (AvgIpc) is 3.23. The molecule has 2 aliphatic heterocycles. The molecule has 6 heteroatoms. The normalized spacial score (nSPS) is 24.3. The van der Waals surface area contributed by atoms with E-state index < -0.39 is 0 Å². The number of amides is 1. The molecule has 2 fully saturated rings. The van der Waals surface area contributed by atoms with Crippen LogP contribution >= 0.6 is 15.9 Å². The fourth-order valence-electron chi connectivity index (χ4n) is 3.43. The molecule has 1 N–H and O–H groups in total. The van der Waals surface area contributed by atoms with Gasteiger partial charge in [-0.25, -0.2) is 4.39 Å². The first-order valence-electron chi connectivity index (χ1n) is 8.28. The van der Waals surface area contributed by atoms with Gasteiger partial charge in [0.2, 0.25) is 5.91 Å². The van der Waals surface area contributed by atoms with E-state index in [-0.39, 0.29) is 29.9 Å². The minimum atomic E-state index is -0.338. The zero-order chi connectivity index (χ0) is 17.4. The summed E-state index contributed by atoms with van der Waals surface area (Å²) in [7, 11) is 0. The summed E-state index contributed by atoms with van der Waals surface area (Å²) in [5, 5.41) is 2.94. The fourth-order valence-corrected chi connectivity index (χ4v) is 3.79. The molecule has 2 bridgehead atoms. The molecule has 2 aromatic rings. The third-order valence-electron chi connectivity index (χ3n) is 4.69. The third kappa shape index (κ3) is 3.55. The molecular weight excluding hydrogens is 389 g/mol. The molecule has 1 amide bonds. The zero-order valence-corrected chi connectivity index (χ0v) is 15.0. The summed E-state index contributed by atoms with van der Waals surface area (Å²) in [5.41, 5.74) is 0.723. The van der Waals surface area contributed by atoms with Gasteiger partial charge < -0.3 is 14.8 Å². The monoisotopic (exact) mass is 405 g/mol. The number of hydrogen-bond acceptors (Lipinski definition) is 3. The van der Waals surface area contributed by atoms with E-state index >= 15 is 0 Å². The molecule has 4 nitrogen and oxygen atoms in total. The van der Waals surface area contributed by atoms with Crippen LogP contribution in [0.15, 0.2) is 46.9 Å². The van der Waals surface area contributed by atoms with Gasteiger partial charge in [-0.1, -0.05) is 0 Å². The Hall–Kier alpha value is -1.92. The van der Waals surface area contributed by atoms with Gasteiger partial charge in [-0.3, -0.25) is 4.79 Å². The molecule has 0 radical (unpaired) electrons. The number of ether oxygens (including phenoxy) is 2. The molecule has 130 valence electrons. The van der Waals surface area contributed by atoms with Gasteiger partial charge in [0.1, 0.15) is 17.3 Å². The Labute approximate surface area is 153 Å². The molecule has 2 heterocycles. The lowest BCUT2D eigenvalue weighted by atomic mass is 9.88. The number of nitrogens with one attached hydrogen (secondary N) is 1. The lowest BCUT2D eigenvalue weighted by molar-refractivity contribution is -0.121. The highest BCUT2D eigenvalue weighted by Crippen LogP contribution is 2.39. The number of fused-ring (bicyclic) bond motifs is 2. The fraction of sp³-hybridized carbons (Fsp3) is 0.316. The van der Waals surface area contributed by atoms with Crippen LogP contribution in [0.1, 0.15) is 19.3 Å². The van der Waals surface area contributed by atoms with Gasteiger partial charge in [0.05, 0.1) is 22.6 Å². The first-order chi connectivity index (χ1) is 12.1. The first kappa shape index (κ1) is 16.5. The SMILES string of the molecule is O=C(Nc1ccc(Oc2ccc(F)c(Br)c2)cc1)C1CC2CCC1O2. The summed E-state index contributed by atoms with van der Waals surface area (Å²) in [6.45, 7) is 0. The van der Waals surface area contributed by atoms with Gasteiger partial charge in [-0.05, 0) is 77.7 Å². The highest BCUT2D eigenvalue weighted by atomic mass is 79.9. The molecule has 0 aromatic heterocycles. The molecular formula is C19H17BrFNO3. The lowest BCUT2D eigenvalue weighted by Crippen LogP contribution is -2.30. The van der Waals surface area contributed by atoms with E-state index in [1.807, 2.05) is 0 Å². The van der Waals surface area contributed by atoms with Crippen molar-refractivity contribution in [1.29, 1.82) is 0 Å². The Morgan fingerprint density at radius 1 is 1.16 bits per heavy atom. The molecule has 3 atom stereocenters. The van der Waals surface area contributed by atoms with Crippen LogP contribution in [0.4, 0.5) is 10.1 Å². The molecule has 25 heavy (non-hydrogen) atoms. The molecule has 3 unspecified atom stereocenters. The largest absolute Gasteiger partial charge is 0.457 e. The number of carbonyl (C=O) groups is 1. The van der Waals surface area contributed by atoms with E-state index in [4.69, 9.17) is 9.47 Å². The van der Waals surface area contributed by atoms with Crippen LogP contribution in [0.3, 0.4) is 0 Å². The second-order valence-corrected chi connectivity index (χ2v) is 7.26. The molecule has 0 spiro atoms. The van der Waals surface area contributed by atoms with E-state index in [0.29, 0.717) is 16.0 Å². The second kappa shape index (κ2) is 6.77. The van der Waals surface area contributed by atoms with Crippen LogP contribution < -0.4 is 10.1 Å². The van der Waals surface area contributed by atoms with Crippen molar-refractivity contribution < 1.29 is 18.7 Å². The Morgan fingerprint density at radius 2 is 1.92 bits per heavy atom. The van der Waals surface area contributed by atoms with Gasteiger partial charge in [0, 0.05) is 5.69 Å². The molecule has 2 saturated heterocycles. The number of hydrogen-bond donors (Lipinski definition) is 1. The molecule has 0 aliphatic carbocycles. The second-order valence-electron chi connectivity index (χ2n) is 6.41. The van der Waals surface area contributed by atoms with Crippen LogP contribution in [-0.4, -0.2) is 18.1 Å². The van der Waals surface area contributed by atoms with Gasteiger partial charge in [0.15, 0.2) is 0 Å².